The van der Waals surface area contributed by atoms with Gasteiger partial charge in [0, 0.05) is 0 Å². The molecular formula is C19H22N2O3. The number of esters is 1. The molecule has 0 spiro atoms. The summed E-state index contributed by atoms with van der Waals surface area (Å²) in [6.07, 6.45) is 5.32. The Balaban J connectivity index is 1.77. The monoisotopic (exact) mass is 326 g/mol. The molecule has 5 nitrogen and oxygen atoms in total. The van der Waals surface area contributed by atoms with Crippen molar-refractivity contribution in [2.75, 3.05) is 0 Å². The molecule has 2 aromatic rings. The highest BCUT2D eigenvalue weighted by atomic mass is 16.5. The summed E-state index contributed by atoms with van der Waals surface area (Å²) >= 11 is 0. The van der Waals surface area contributed by atoms with Gasteiger partial charge in [-0.05, 0) is 38.7 Å². The lowest BCUT2D eigenvalue weighted by Gasteiger charge is -2.20. The van der Waals surface area contributed by atoms with E-state index in [9.17, 15) is 9.59 Å². The van der Waals surface area contributed by atoms with Crippen LogP contribution in [-0.4, -0.2) is 27.4 Å². The topological polar surface area (TPSA) is 61.2 Å². The molecule has 24 heavy (non-hydrogen) atoms. The fourth-order valence-electron chi connectivity index (χ4n) is 3.39. The Hall–Kier alpha value is -2.43. The standard InChI is InChI=1S/C19H22N2O3/c1-13(15-7-4-3-5-8-15)21-12-20-11-17(21)19(23)24-18-10-6-9-16(18)14(2)22/h3-5,7-8,11-13,16,18H,6,9-10H2,1-2H3/t13-,16?,18?/m1/s1. The average Bonchev–Trinajstić information content (AvgIpc) is 3.24. The van der Waals surface area contributed by atoms with E-state index < -0.39 is 5.97 Å². The van der Waals surface area contributed by atoms with E-state index in [4.69, 9.17) is 4.74 Å². The van der Waals surface area contributed by atoms with Crippen molar-refractivity contribution in [3.8, 4) is 0 Å². The van der Waals surface area contributed by atoms with Crippen LogP contribution in [0.2, 0.25) is 0 Å². The molecule has 0 amide bonds. The molecule has 1 saturated carbocycles. The van der Waals surface area contributed by atoms with Gasteiger partial charge in [0.25, 0.3) is 0 Å². The molecule has 1 aromatic heterocycles. The van der Waals surface area contributed by atoms with Gasteiger partial charge in [-0.3, -0.25) is 4.79 Å². The van der Waals surface area contributed by atoms with Crippen LogP contribution in [-0.2, 0) is 9.53 Å². The van der Waals surface area contributed by atoms with Crippen molar-refractivity contribution >= 4 is 11.8 Å². The van der Waals surface area contributed by atoms with Crippen LogP contribution in [0.3, 0.4) is 0 Å². The Morgan fingerprint density at radius 2 is 2.00 bits per heavy atom. The zero-order chi connectivity index (χ0) is 17.1. The van der Waals surface area contributed by atoms with E-state index >= 15 is 0 Å². The van der Waals surface area contributed by atoms with Gasteiger partial charge in [0.1, 0.15) is 17.6 Å². The Labute approximate surface area is 141 Å². The summed E-state index contributed by atoms with van der Waals surface area (Å²) in [4.78, 5) is 28.4. The molecule has 0 bridgehead atoms. The van der Waals surface area contributed by atoms with Gasteiger partial charge in [0.05, 0.1) is 24.5 Å². The van der Waals surface area contributed by atoms with E-state index in [0.29, 0.717) is 5.69 Å². The van der Waals surface area contributed by atoms with Crippen molar-refractivity contribution in [1.29, 1.82) is 0 Å². The summed E-state index contributed by atoms with van der Waals surface area (Å²) in [5.41, 5.74) is 1.51. The summed E-state index contributed by atoms with van der Waals surface area (Å²) in [7, 11) is 0. The molecule has 1 aliphatic carbocycles. The van der Waals surface area contributed by atoms with Gasteiger partial charge >= 0.3 is 5.97 Å². The predicted molar refractivity (Wildman–Crippen MR) is 89.7 cm³/mol. The van der Waals surface area contributed by atoms with Crippen LogP contribution < -0.4 is 0 Å². The van der Waals surface area contributed by atoms with E-state index in [1.165, 1.54) is 6.20 Å². The number of aromatic nitrogens is 2. The maximum atomic E-state index is 12.6. The van der Waals surface area contributed by atoms with Crippen LogP contribution in [0.25, 0.3) is 0 Å². The van der Waals surface area contributed by atoms with E-state index in [1.54, 1.807) is 13.3 Å². The molecular weight excluding hydrogens is 304 g/mol. The van der Waals surface area contributed by atoms with Gasteiger partial charge in [-0.25, -0.2) is 9.78 Å². The lowest BCUT2D eigenvalue weighted by Crippen LogP contribution is -2.28. The highest BCUT2D eigenvalue weighted by molar-refractivity contribution is 5.88. The Morgan fingerprint density at radius 3 is 2.71 bits per heavy atom. The van der Waals surface area contributed by atoms with Crippen LogP contribution in [0, 0.1) is 5.92 Å². The van der Waals surface area contributed by atoms with Gasteiger partial charge in [-0.2, -0.15) is 0 Å². The van der Waals surface area contributed by atoms with Crippen LogP contribution in [0.1, 0.15) is 55.2 Å². The average molecular weight is 326 g/mol. The summed E-state index contributed by atoms with van der Waals surface area (Å²) in [5.74, 6) is -0.484. The molecule has 0 saturated heterocycles. The smallest absolute Gasteiger partial charge is 0.356 e. The van der Waals surface area contributed by atoms with Crippen molar-refractivity contribution in [2.24, 2.45) is 5.92 Å². The fraction of sp³-hybridized carbons (Fsp3) is 0.421. The van der Waals surface area contributed by atoms with Crippen molar-refractivity contribution < 1.29 is 14.3 Å². The number of Topliss-reactive ketones (excluding diaryl/α,β-unsaturated/α-hetero) is 1. The number of benzene rings is 1. The normalized spacial score (nSPS) is 21.4. The van der Waals surface area contributed by atoms with Crippen LogP contribution in [0.4, 0.5) is 0 Å². The lowest BCUT2D eigenvalue weighted by atomic mass is 10.0. The molecule has 126 valence electrons. The first-order chi connectivity index (χ1) is 11.6. The maximum absolute atomic E-state index is 12.6. The van der Waals surface area contributed by atoms with Crippen molar-refractivity contribution in [2.45, 2.75) is 45.3 Å². The quantitative estimate of drug-likeness (QED) is 0.790. The molecule has 3 atom stereocenters. The number of ether oxygens (including phenoxy) is 1. The summed E-state index contributed by atoms with van der Waals surface area (Å²) < 4.78 is 7.45. The second kappa shape index (κ2) is 6.99. The van der Waals surface area contributed by atoms with Crippen molar-refractivity contribution in [3.05, 3.63) is 54.1 Å². The van der Waals surface area contributed by atoms with Crippen molar-refractivity contribution in [1.82, 2.24) is 9.55 Å². The highest BCUT2D eigenvalue weighted by Gasteiger charge is 2.34. The number of carbonyl (C=O) groups excluding carboxylic acids is 2. The van der Waals surface area contributed by atoms with Crippen LogP contribution >= 0.6 is 0 Å². The number of ketones is 1. The van der Waals surface area contributed by atoms with E-state index in [-0.39, 0.29) is 23.8 Å². The zero-order valence-electron chi connectivity index (χ0n) is 14.0. The van der Waals surface area contributed by atoms with E-state index in [0.717, 1.165) is 24.8 Å². The Kier molecular flexibility index (Phi) is 4.79. The molecule has 2 unspecified atom stereocenters. The van der Waals surface area contributed by atoms with Gasteiger partial charge in [-0.1, -0.05) is 30.3 Å². The SMILES string of the molecule is CC(=O)C1CCCC1OC(=O)c1cncn1[C@H](C)c1ccccc1. The highest BCUT2D eigenvalue weighted by Crippen LogP contribution is 2.30. The summed E-state index contributed by atoms with van der Waals surface area (Å²) in [5, 5.41) is 0. The molecule has 5 heteroatoms. The van der Waals surface area contributed by atoms with Crippen molar-refractivity contribution in [3.63, 3.8) is 0 Å². The number of rotatable bonds is 5. The van der Waals surface area contributed by atoms with Crippen LogP contribution in [0.15, 0.2) is 42.9 Å². The second-order valence-electron chi connectivity index (χ2n) is 6.36. The zero-order valence-corrected chi connectivity index (χ0v) is 14.0. The van der Waals surface area contributed by atoms with E-state index in [1.807, 2.05) is 41.8 Å². The third-order valence-electron chi connectivity index (χ3n) is 4.81. The molecule has 0 aliphatic heterocycles. The van der Waals surface area contributed by atoms with Crippen LogP contribution in [0.5, 0.6) is 0 Å². The summed E-state index contributed by atoms with van der Waals surface area (Å²) in [6, 6.07) is 9.91. The number of hydrogen-bond acceptors (Lipinski definition) is 4. The van der Waals surface area contributed by atoms with Gasteiger partial charge in [-0.15, -0.1) is 0 Å². The maximum Gasteiger partial charge on any atom is 0.356 e. The second-order valence-corrected chi connectivity index (χ2v) is 6.36. The van der Waals surface area contributed by atoms with E-state index in [2.05, 4.69) is 4.98 Å². The number of hydrogen-bond donors (Lipinski definition) is 0. The molecule has 1 heterocycles. The predicted octanol–water partition coefficient (Wildman–Crippen LogP) is 3.41. The Bertz CT molecular complexity index is 723. The third kappa shape index (κ3) is 3.25. The first-order valence-electron chi connectivity index (χ1n) is 8.36. The van der Waals surface area contributed by atoms with Gasteiger partial charge in [0.2, 0.25) is 0 Å². The molecule has 1 fully saturated rings. The van der Waals surface area contributed by atoms with Gasteiger partial charge in [0.15, 0.2) is 0 Å². The fourth-order valence-corrected chi connectivity index (χ4v) is 3.39. The minimum absolute atomic E-state index is 0.0246. The Morgan fingerprint density at radius 1 is 1.25 bits per heavy atom. The molecule has 3 rings (SSSR count). The minimum atomic E-state index is -0.409. The molecule has 0 N–H and O–H groups in total. The number of carbonyl (C=O) groups is 2. The first kappa shape index (κ1) is 16.4. The largest absolute Gasteiger partial charge is 0.457 e. The van der Waals surface area contributed by atoms with Gasteiger partial charge < -0.3 is 9.30 Å². The molecule has 1 aliphatic rings. The first-order valence-corrected chi connectivity index (χ1v) is 8.36. The molecule has 0 radical (unpaired) electrons. The minimum Gasteiger partial charge on any atom is -0.457 e. The number of nitrogens with zero attached hydrogens (tertiary/aromatic N) is 2. The summed E-state index contributed by atoms with van der Waals surface area (Å²) in [6.45, 7) is 3.58. The number of imidazole rings is 1. The lowest BCUT2D eigenvalue weighted by molar-refractivity contribution is -0.123. The molecule has 1 aromatic carbocycles. The third-order valence-corrected chi connectivity index (χ3v) is 4.81.